The van der Waals surface area contributed by atoms with E-state index in [9.17, 15) is 13.9 Å². The summed E-state index contributed by atoms with van der Waals surface area (Å²) in [5, 5.41) is 16.4. The number of rotatable bonds is 7. The third-order valence-corrected chi connectivity index (χ3v) is 7.16. The van der Waals surface area contributed by atoms with Crippen LogP contribution < -0.4 is 0 Å². The minimum absolute atomic E-state index is 0.0139. The predicted octanol–water partition coefficient (Wildman–Crippen LogP) is 3.53. The summed E-state index contributed by atoms with van der Waals surface area (Å²) in [4.78, 5) is 3.86. The second kappa shape index (κ2) is 8.39. The predicted molar refractivity (Wildman–Crippen MR) is 98.7 cm³/mol. The minimum atomic E-state index is -1.49. The van der Waals surface area contributed by atoms with Gasteiger partial charge in [-0.15, -0.1) is 0 Å². The van der Waals surface area contributed by atoms with Gasteiger partial charge in [0.1, 0.15) is 0 Å². The van der Waals surface area contributed by atoms with Crippen molar-refractivity contribution in [2.45, 2.75) is 22.8 Å². The van der Waals surface area contributed by atoms with Crippen molar-refractivity contribution in [1.29, 1.82) is 0 Å². The molecule has 0 amide bonds. The van der Waals surface area contributed by atoms with E-state index in [0.717, 1.165) is 27.5 Å². The molecule has 0 fully saturated rings. The summed E-state index contributed by atoms with van der Waals surface area (Å²) in [7, 11) is 0. The first-order valence-electron chi connectivity index (χ1n) is 7.79. The van der Waals surface area contributed by atoms with Crippen molar-refractivity contribution in [2.24, 2.45) is 0 Å². The third-order valence-electron chi connectivity index (χ3n) is 3.88. The van der Waals surface area contributed by atoms with E-state index >= 15 is 0 Å². The van der Waals surface area contributed by atoms with E-state index in [1.54, 1.807) is 0 Å². The number of halogens is 3. The first-order valence-corrected chi connectivity index (χ1v) is 11.0. The molecule has 0 spiro atoms. The van der Waals surface area contributed by atoms with E-state index in [2.05, 4.69) is 26.0 Å². The van der Waals surface area contributed by atoms with E-state index in [1.807, 2.05) is 24.3 Å². The zero-order valence-corrected chi connectivity index (χ0v) is 16.9. The maximum absolute atomic E-state index is 14.3. The number of benzene rings is 2. The van der Waals surface area contributed by atoms with Gasteiger partial charge in [-0.25, -0.2) is 0 Å². The van der Waals surface area contributed by atoms with Crippen molar-refractivity contribution in [3.8, 4) is 0 Å². The molecule has 0 bridgehead atoms. The fourth-order valence-corrected chi connectivity index (χ4v) is 5.88. The van der Waals surface area contributed by atoms with E-state index < -0.39 is 17.2 Å². The topological polar surface area (TPSA) is 50.9 Å². The van der Waals surface area contributed by atoms with Crippen LogP contribution in [-0.4, -0.2) is 34.8 Å². The van der Waals surface area contributed by atoms with Crippen LogP contribution >= 0.6 is 15.9 Å². The number of aliphatic hydroxyl groups is 1. The Morgan fingerprint density at radius 3 is 2.69 bits per heavy atom. The molecule has 1 atom stereocenters. The molecule has 0 aliphatic rings. The van der Waals surface area contributed by atoms with Crippen molar-refractivity contribution in [1.82, 2.24) is 14.8 Å². The maximum atomic E-state index is 14.3. The van der Waals surface area contributed by atoms with Crippen LogP contribution in [-0.2, 0) is 17.5 Å². The number of aromatic nitrogens is 3. The van der Waals surface area contributed by atoms with Crippen molar-refractivity contribution in [3.63, 3.8) is 0 Å². The van der Waals surface area contributed by atoms with Gasteiger partial charge in [-0.05, 0) is 0 Å². The first-order chi connectivity index (χ1) is 12.5. The van der Waals surface area contributed by atoms with Gasteiger partial charge < -0.3 is 0 Å². The molecule has 2 aromatic carbocycles. The molecule has 8 heteroatoms. The molecule has 1 N–H and O–H groups in total. The molecule has 0 radical (unpaired) electrons. The van der Waals surface area contributed by atoms with Gasteiger partial charge in [-0.3, -0.25) is 0 Å². The first kappa shape index (κ1) is 19.2. The molecular weight excluding hydrogens is 471 g/mol. The fraction of sp³-hybridized carbons (Fsp3) is 0.222. The average Bonchev–Trinajstić information content (AvgIpc) is 3.09. The Labute approximate surface area is 164 Å². The van der Waals surface area contributed by atoms with Crippen LogP contribution in [0.25, 0.3) is 0 Å². The van der Waals surface area contributed by atoms with Crippen molar-refractivity contribution >= 4 is 30.9 Å². The Balaban J connectivity index is 1.82. The van der Waals surface area contributed by atoms with Gasteiger partial charge in [0.25, 0.3) is 0 Å². The molecule has 3 aromatic rings. The summed E-state index contributed by atoms with van der Waals surface area (Å²) in [5.41, 5.74) is -0.286. The van der Waals surface area contributed by atoms with Crippen LogP contribution in [0.1, 0.15) is 11.1 Å². The summed E-state index contributed by atoms with van der Waals surface area (Å²) < 4.78 is 30.1. The number of nitrogens with zero attached hydrogens (tertiary/aromatic N) is 3. The van der Waals surface area contributed by atoms with E-state index in [0.29, 0.717) is 5.32 Å². The van der Waals surface area contributed by atoms with Crippen LogP contribution in [0.2, 0.25) is 5.32 Å². The Bertz CT molecular complexity index is 879. The van der Waals surface area contributed by atoms with Gasteiger partial charge in [0.05, 0.1) is 0 Å². The molecule has 0 aliphatic heterocycles. The van der Waals surface area contributed by atoms with Crippen LogP contribution in [0.3, 0.4) is 0 Å². The van der Waals surface area contributed by atoms with Crippen LogP contribution in [0.4, 0.5) is 8.78 Å². The summed E-state index contributed by atoms with van der Waals surface area (Å²) in [6.45, 7) is 0.0489. The van der Waals surface area contributed by atoms with E-state index in [1.165, 1.54) is 23.4 Å². The second-order valence-electron chi connectivity index (χ2n) is 5.83. The monoisotopic (exact) mass is 487 g/mol. The van der Waals surface area contributed by atoms with Gasteiger partial charge in [-0.1, -0.05) is 0 Å². The molecule has 1 aromatic heterocycles. The summed E-state index contributed by atoms with van der Waals surface area (Å²) in [6, 6.07) is 11.1. The molecule has 26 heavy (non-hydrogen) atoms. The van der Waals surface area contributed by atoms with Crippen LogP contribution in [0.15, 0.2) is 59.6 Å². The summed E-state index contributed by atoms with van der Waals surface area (Å²) in [6.07, 6.45) is 2.82. The van der Waals surface area contributed by atoms with Crippen molar-refractivity contribution in [3.05, 3.63) is 82.4 Å². The molecule has 3 rings (SSSR count). The Kier molecular flexibility index (Phi) is 6.19. The second-order valence-corrected chi connectivity index (χ2v) is 8.76. The van der Waals surface area contributed by atoms with Crippen LogP contribution in [0, 0.1) is 11.6 Å². The van der Waals surface area contributed by atoms with Gasteiger partial charge in [-0.2, -0.15) is 0 Å². The Morgan fingerprint density at radius 2 is 2.00 bits per heavy atom. The molecule has 0 saturated carbocycles. The number of hydrogen-bond donors (Lipinski definition) is 1. The SMILES string of the molecule is OC(C[Se]Cc1ccccc1Br)(Cn1cncn1)c1ccc(F)cc1F. The molecule has 0 aliphatic carbocycles. The zero-order valence-electron chi connectivity index (χ0n) is 13.6. The number of hydrogen-bond acceptors (Lipinski definition) is 3. The quantitative estimate of drug-likeness (QED) is 0.520. The molecule has 1 heterocycles. The zero-order chi connectivity index (χ0) is 18.6. The normalized spacial score (nSPS) is 13.5. The van der Waals surface area contributed by atoms with Gasteiger partial charge >= 0.3 is 165 Å². The standard InChI is InChI=1S/C18H16BrF2N3OSe/c19-16-4-2-1-3-13(16)8-26-10-18(25,9-24-12-22-11-23-24)15-6-5-14(20)7-17(15)21/h1-7,11-12,25H,8-10H2. The van der Waals surface area contributed by atoms with Gasteiger partial charge in [0.15, 0.2) is 0 Å². The Morgan fingerprint density at radius 1 is 1.19 bits per heavy atom. The fourth-order valence-electron chi connectivity index (χ4n) is 2.60. The molecule has 1 unspecified atom stereocenters. The van der Waals surface area contributed by atoms with Crippen molar-refractivity contribution < 1.29 is 13.9 Å². The average molecular weight is 487 g/mol. The molecule has 0 saturated heterocycles. The van der Waals surface area contributed by atoms with E-state index in [4.69, 9.17) is 0 Å². The third kappa shape index (κ3) is 4.57. The van der Waals surface area contributed by atoms with Crippen LogP contribution in [0.5, 0.6) is 0 Å². The Hall–Kier alpha value is -1.60. The molecule has 136 valence electrons. The van der Waals surface area contributed by atoms with Gasteiger partial charge in [0, 0.05) is 0 Å². The summed E-state index contributed by atoms with van der Waals surface area (Å²) >= 11 is 3.50. The van der Waals surface area contributed by atoms with Gasteiger partial charge in [0.2, 0.25) is 0 Å². The van der Waals surface area contributed by atoms with Crippen molar-refractivity contribution in [2.75, 3.05) is 0 Å². The summed E-state index contributed by atoms with van der Waals surface area (Å²) in [5.74, 6) is -1.43. The molecule has 4 nitrogen and oxygen atoms in total. The van der Waals surface area contributed by atoms with E-state index in [-0.39, 0.29) is 27.1 Å². The molecular formula is C18H16BrF2N3OSe.